The lowest BCUT2D eigenvalue weighted by Gasteiger charge is -2.25. The predicted molar refractivity (Wildman–Crippen MR) is 125 cm³/mol. The van der Waals surface area contributed by atoms with Crippen LogP contribution in [0.15, 0.2) is 79.3 Å². The normalized spacial score (nSPS) is 13.3. The Hall–Kier alpha value is -3.85. The van der Waals surface area contributed by atoms with E-state index in [1.165, 1.54) is 12.4 Å². The van der Waals surface area contributed by atoms with Crippen LogP contribution in [0.5, 0.6) is 0 Å². The van der Waals surface area contributed by atoms with Crippen molar-refractivity contribution < 1.29 is 13.2 Å². The van der Waals surface area contributed by atoms with E-state index in [1.807, 2.05) is 37.3 Å². The van der Waals surface area contributed by atoms with E-state index in [-0.39, 0.29) is 11.3 Å². The molecule has 34 heavy (non-hydrogen) atoms. The number of hydrogen-bond acceptors (Lipinski definition) is 6. The van der Waals surface area contributed by atoms with Gasteiger partial charge in [0.05, 0.1) is 11.3 Å². The summed E-state index contributed by atoms with van der Waals surface area (Å²) in [5, 5.41) is 11.7. The van der Waals surface area contributed by atoms with Crippen molar-refractivity contribution in [3.8, 4) is 22.5 Å². The average molecular weight is 464 g/mol. The molecule has 2 aromatic heterocycles. The Morgan fingerprint density at radius 2 is 1.74 bits per heavy atom. The summed E-state index contributed by atoms with van der Waals surface area (Å²) in [6.45, 7) is 2.34. The first-order valence-corrected chi connectivity index (χ1v) is 10.6. The zero-order valence-electron chi connectivity index (χ0n) is 18.4. The second kappa shape index (κ2) is 9.56. The van der Waals surface area contributed by atoms with E-state index in [0.717, 1.165) is 17.7 Å². The zero-order valence-corrected chi connectivity index (χ0v) is 18.4. The number of hydrogen-bond donors (Lipinski definition) is 2. The Morgan fingerprint density at radius 3 is 2.44 bits per heavy atom. The van der Waals surface area contributed by atoms with Crippen LogP contribution in [0.1, 0.15) is 18.1 Å². The van der Waals surface area contributed by atoms with E-state index in [2.05, 4.69) is 25.5 Å². The van der Waals surface area contributed by atoms with Crippen LogP contribution in [0.4, 0.5) is 19.0 Å². The number of nitrogens with zero attached hydrogens (tertiary/aromatic N) is 4. The summed E-state index contributed by atoms with van der Waals surface area (Å²) in [6.07, 6.45) is -0.891. The summed E-state index contributed by atoms with van der Waals surface area (Å²) in [5.74, 6) is 0.439. The minimum Gasteiger partial charge on any atom is -0.367 e. The molecule has 0 saturated carbocycles. The molecule has 4 rings (SSSR count). The molecule has 0 spiro atoms. The first-order valence-electron chi connectivity index (χ1n) is 10.6. The van der Waals surface area contributed by atoms with E-state index in [0.29, 0.717) is 30.0 Å². The summed E-state index contributed by atoms with van der Waals surface area (Å²) in [7, 11) is 0. The van der Waals surface area contributed by atoms with Gasteiger partial charge < -0.3 is 11.1 Å². The van der Waals surface area contributed by atoms with Crippen molar-refractivity contribution in [1.82, 2.24) is 20.2 Å². The molecule has 0 aliphatic heterocycles. The SMILES string of the molecule is CC(N)(CNc1cc(-c2ccncn2)c(-c2cccc(C(F)(F)F)c2)nn1)Cc1ccccc1. The van der Waals surface area contributed by atoms with Crippen molar-refractivity contribution in [3.63, 3.8) is 0 Å². The van der Waals surface area contributed by atoms with Crippen LogP contribution in [0.3, 0.4) is 0 Å². The number of benzene rings is 2. The molecule has 1 atom stereocenters. The average Bonchev–Trinajstić information content (AvgIpc) is 2.83. The number of anilines is 1. The summed E-state index contributed by atoms with van der Waals surface area (Å²) in [5.41, 5.74) is 7.88. The van der Waals surface area contributed by atoms with Crippen molar-refractivity contribution in [2.75, 3.05) is 11.9 Å². The first kappa shape index (κ1) is 23.3. The third kappa shape index (κ3) is 5.74. The highest BCUT2D eigenvalue weighted by molar-refractivity contribution is 5.80. The van der Waals surface area contributed by atoms with Gasteiger partial charge in [-0.3, -0.25) is 0 Å². The number of rotatable bonds is 7. The van der Waals surface area contributed by atoms with E-state index < -0.39 is 17.3 Å². The molecule has 0 fully saturated rings. The molecule has 0 aliphatic carbocycles. The molecule has 0 radical (unpaired) electrons. The molecule has 0 bridgehead atoms. The molecular weight excluding hydrogens is 441 g/mol. The summed E-state index contributed by atoms with van der Waals surface area (Å²) >= 11 is 0. The van der Waals surface area contributed by atoms with Gasteiger partial charge in [0.15, 0.2) is 0 Å². The maximum atomic E-state index is 13.3. The van der Waals surface area contributed by atoms with Crippen molar-refractivity contribution in [2.45, 2.75) is 25.1 Å². The van der Waals surface area contributed by atoms with E-state index in [4.69, 9.17) is 5.73 Å². The third-order valence-electron chi connectivity index (χ3n) is 5.24. The number of nitrogens with two attached hydrogens (primary N) is 1. The fourth-order valence-electron chi connectivity index (χ4n) is 3.60. The largest absolute Gasteiger partial charge is 0.416 e. The topological polar surface area (TPSA) is 89.6 Å². The van der Waals surface area contributed by atoms with Crippen molar-refractivity contribution in [3.05, 3.63) is 90.4 Å². The van der Waals surface area contributed by atoms with Gasteiger partial charge in [-0.05, 0) is 43.2 Å². The molecule has 2 aromatic carbocycles. The number of alkyl halides is 3. The highest BCUT2D eigenvalue weighted by Crippen LogP contribution is 2.35. The molecule has 2 heterocycles. The molecule has 0 saturated heterocycles. The van der Waals surface area contributed by atoms with E-state index in [1.54, 1.807) is 24.4 Å². The van der Waals surface area contributed by atoms with Crippen LogP contribution in [-0.2, 0) is 12.6 Å². The minimum absolute atomic E-state index is 0.287. The maximum Gasteiger partial charge on any atom is 0.416 e. The fourth-order valence-corrected chi connectivity index (χ4v) is 3.60. The van der Waals surface area contributed by atoms with Gasteiger partial charge in [-0.2, -0.15) is 13.2 Å². The minimum atomic E-state index is -4.47. The summed E-state index contributed by atoms with van der Waals surface area (Å²) in [4.78, 5) is 8.18. The Morgan fingerprint density at radius 1 is 0.941 bits per heavy atom. The second-order valence-corrected chi connectivity index (χ2v) is 8.34. The van der Waals surface area contributed by atoms with Gasteiger partial charge in [0.25, 0.3) is 0 Å². The third-order valence-corrected chi connectivity index (χ3v) is 5.24. The number of aromatic nitrogens is 4. The molecule has 0 aliphatic rings. The van der Waals surface area contributed by atoms with Gasteiger partial charge in [-0.25, -0.2) is 9.97 Å². The van der Waals surface area contributed by atoms with Crippen molar-refractivity contribution in [1.29, 1.82) is 0 Å². The van der Waals surface area contributed by atoms with E-state index in [9.17, 15) is 13.2 Å². The van der Waals surface area contributed by atoms with Gasteiger partial charge in [0.2, 0.25) is 0 Å². The second-order valence-electron chi connectivity index (χ2n) is 8.34. The Balaban J connectivity index is 1.64. The van der Waals surface area contributed by atoms with E-state index >= 15 is 0 Å². The van der Waals surface area contributed by atoms with Crippen LogP contribution in [0, 0.1) is 0 Å². The Bertz CT molecular complexity index is 1240. The lowest BCUT2D eigenvalue weighted by Crippen LogP contribution is -2.45. The molecule has 1 unspecified atom stereocenters. The van der Waals surface area contributed by atoms with Crippen LogP contribution >= 0.6 is 0 Å². The van der Waals surface area contributed by atoms with Gasteiger partial charge in [-0.1, -0.05) is 42.5 Å². The Labute approximate surface area is 195 Å². The molecule has 174 valence electrons. The molecule has 6 nitrogen and oxygen atoms in total. The summed E-state index contributed by atoms with van der Waals surface area (Å²) < 4.78 is 39.8. The molecule has 3 N–H and O–H groups in total. The highest BCUT2D eigenvalue weighted by Gasteiger charge is 2.31. The predicted octanol–water partition coefficient (Wildman–Crippen LogP) is 4.99. The zero-order chi connectivity index (χ0) is 24.2. The van der Waals surface area contributed by atoms with Crippen LogP contribution in [0.25, 0.3) is 22.5 Å². The number of nitrogens with one attached hydrogen (secondary N) is 1. The standard InChI is InChI=1S/C25H23F3N6/c1-24(29,14-17-6-3-2-4-7-17)15-31-22-13-20(21-10-11-30-16-32-21)23(34-33-22)18-8-5-9-19(12-18)25(26,27)28/h2-13,16H,14-15,29H2,1H3,(H,31,33). The molecule has 4 aromatic rings. The molecule has 0 amide bonds. The maximum absolute atomic E-state index is 13.3. The van der Waals surface area contributed by atoms with Crippen LogP contribution < -0.4 is 11.1 Å². The first-order chi connectivity index (χ1) is 16.2. The lowest BCUT2D eigenvalue weighted by atomic mass is 9.94. The van der Waals surface area contributed by atoms with Gasteiger partial charge >= 0.3 is 6.18 Å². The van der Waals surface area contributed by atoms with Gasteiger partial charge in [0.1, 0.15) is 17.8 Å². The highest BCUT2D eigenvalue weighted by atomic mass is 19.4. The summed E-state index contributed by atoms with van der Waals surface area (Å²) in [6, 6.07) is 18.3. The van der Waals surface area contributed by atoms with Gasteiger partial charge in [0, 0.05) is 29.4 Å². The van der Waals surface area contributed by atoms with Crippen molar-refractivity contribution >= 4 is 5.82 Å². The van der Waals surface area contributed by atoms with Gasteiger partial charge in [-0.15, -0.1) is 10.2 Å². The Kier molecular flexibility index (Phi) is 6.56. The molecular formula is C25H23F3N6. The smallest absolute Gasteiger partial charge is 0.367 e. The van der Waals surface area contributed by atoms with Crippen LogP contribution in [-0.4, -0.2) is 32.2 Å². The fraction of sp³-hybridized carbons (Fsp3) is 0.200. The van der Waals surface area contributed by atoms with Crippen LogP contribution in [0.2, 0.25) is 0 Å². The molecule has 9 heteroatoms. The lowest BCUT2D eigenvalue weighted by molar-refractivity contribution is -0.137. The quantitative estimate of drug-likeness (QED) is 0.401. The monoisotopic (exact) mass is 464 g/mol. The number of halogens is 3. The van der Waals surface area contributed by atoms with Crippen molar-refractivity contribution in [2.24, 2.45) is 5.73 Å².